The lowest BCUT2D eigenvalue weighted by molar-refractivity contribution is -0.142. The van der Waals surface area contributed by atoms with Gasteiger partial charge >= 0.3 is 12.0 Å². The first-order valence-electron chi connectivity index (χ1n) is 5.78. The SMILES string of the molecule is CC1C(C(=O)O)CCN1C(=O)Nc1cnn(C)c1. The van der Waals surface area contributed by atoms with Gasteiger partial charge in [-0.3, -0.25) is 9.48 Å². The number of hydrogen-bond donors (Lipinski definition) is 2. The monoisotopic (exact) mass is 252 g/mol. The third kappa shape index (κ3) is 2.29. The molecule has 1 aromatic rings. The molecule has 0 bridgehead atoms. The van der Waals surface area contributed by atoms with Crippen LogP contribution in [0, 0.1) is 5.92 Å². The summed E-state index contributed by atoms with van der Waals surface area (Å²) < 4.78 is 1.59. The smallest absolute Gasteiger partial charge is 0.322 e. The summed E-state index contributed by atoms with van der Waals surface area (Å²) in [7, 11) is 1.76. The van der Waals surface area contributed by atoms with E-state index in [2.05, 4.69) is 10.4 Å². The van der Waals surface area contributed by atoms with E-state index in [0.717, 1.165) is 0 Å². The van der Waals surface area contributed by atoms with Gasteiger partial charge in [0.25, 0.3) is 0 Å². The van der Waals surface area contributed by atoms with Crippen molar-refractivity contribution >= 4 is 17.7 Å². The minimum atomic E-state index is -0.848. The van der Waals surface area contributed by atoms with Crippen molar-refractivity contribution in [3.05, 3.63) is 12.4 Å². The lowest BCUT2D eigenvalue weighted by Gasteiger charge is -2.23. The molecule has 2 N–H and O–H groups in total. The molecule has 7 nitrogen and oxygen atoms in total. The van der Waals surface area contributed by atoms with Crippen molar-refractivity contribution in [1.82, 2.24) is 14.7 Å². The number of rotatable bonds is 2. The zero-order valence-electron chi connectivity index (χ0n) is 10.3. The molecule has 0 spiro atoms. The van der Waals surface area contributed by atoms with E-state index in [9.17, 15) is 9.59 Å². The highest BCUT2D eigenvalue weighted by Crippen LogP contribution is 2.24. The molecule has 7 heteroatoms. The fraction of sp³-hybridized carbons (Fsp3) is 0.545. The Bertz CT molecular complexity index is 471. The van der Waals surface area contributed by atoms with E-state index in [4.69, 9.17) is 5.11 Å². The van der Waals surface area contributed by atoms with Crippen molar-refractivity contribution in [2.24, 2.45) is 13.0 Å². The van der Waals surface area contributed by atoms with Gasteiger partial charge in [-0.05, 0) is 13.3 Å². The van der Waals surface area contributed by atoms with Crippen molar-refractivity contribution < 1.29 is 14.7 Å². The number of nitrogens with zero attached hydrogens (tertiary/aromatic N) is 3. The molecule has 98 valence electrons. The van der Waals surface area contributed by atoms with Crippen LogP contribution in [0.15, 0.2) is 12.4 Å². The zero-order valence-corrected chi connectivity index (χ0v) is 10.3. The molecule has 18 heavy (non-hydrogen) atoms. The molecule has 2 amide bonds. The van der Waals surface area contributed by atoms with E-state index in [0.29, 0.717) is 18.7 Å². The zero-order chi connectivity index (χ0) is 13.3. The van der Waals surface area contributed by atoms with Crippen LogP contribution < -0.4 is 5.32 Å². The molecule has 0 aromatic carbocycles. The van der Waals surface area contributed by atoms with Gasteiger partial charge in [-0.25, -0.2) is 4.79 Å². The molecule has 1 aliphatic rings. The van der Waals surface area contributed by atoms with Crippen molar-refractivity contribution in [2.45, 2.75) is 19.4 Å². The standard InChI is InChI=1S/C11H16N4O3/c1-7-9(10(16)17)3-4-15(7)11(18)13-8-5-12-14(2)6-8/h5-7,9H,3-4H2,1-2H3,(H,13,18)(H,16,17). The van der Waals surface area contributed by atoms with Gasteiger partial charge in [0.05, 0.1) is 17.8 Å². The summed E-state index contributed by atoms with van der Waals surface area (Å²) in [6.45, 7) is 2.22. The van der Waals surface area contributed by atoms with Gasteiger partial charge in [-0.1, -0.05) is 0 Å². The number of aliphatic carboxylic acids is 1. The van der Waals surface area contributed by atoms with Gasteiger partial charge in [-0.15, -0.1) is 0 Å². The van der Waals surface area contributed by atoms with Gasteiger partial charge < -0.3 is 15.3 Å². The predicted molar refractivity (Wildman–Crippen MR) is 64.1 cm³/mol. The number of amides is 2. The summed E-state index contributed by atoms with van der Waals surface area (Å²) in [5.74, 6) is -1.33. The van der Waals surface area contributed by atoms with Gasteiger partial charge in [0.2, 0.25) is 0 Å². The summed E-state index contributed by atoms with van der Waals surface area (Å²) in [6, 6.07) is -0.571. The highest BCUT2D eigenvalue weighted by molar-refractivity contribution is 5.90. The Balaban J connectivity index is 2.00. The van der Waals surface area contributed by atoms with E-state index < -0.39 is 11.9 Å². The average molecular weight is 252 g/mol. The van der Waals surface area contributed by atoms with Crippen molar-refractivity contribution in [3.63, 3.8) is 0 Å². The minimum absolute atomic E-state index is 0.278. The molecule has 1 aromatic heterocycles. The second kappa shape index (κ2) is 4.67. The summed E-state index contributed by atoms with van der Waals surface area (Å²) in [6.07, 6.45) is 3.73. The maximum Gasteiger partial charge on any atom is 0.322 e. The number of nitrogens with one attached hydrogen (secondary N) is 1. The first-order valence-corrected chi connectivity index (χ1v) is 5.78. The Kier molecular flexibility index (Phi) is 3.22. The van der Waals surface area contributed by atoms with Crippen molar-refractivity contribution in [3.8, 4) is 0 Å². The fourth-order valence-corrected chi connectivity index (χ4v) is 2.24. The lowest BCUT2D eigenvalue weighted by Crippen LogP contribution is -2.40. The Hall–Kier alpha value is -2.05. The predicted octanol–water partition coefficient (Wildman–Crippen LogP) is 0.747. The van der Waals surface area contributed by atoms with Crippen molar-refractivity contribution in [1.29, 1.82) is 0 Å². The quantitative estimate of drug-likeness (QED) is 0.813. The Morgan fingerprint density at radius 2 is 2.28 bits per heavy atom. The Labute approximate surface area is 104 Å². The number of anilines is 1. The number of aryl methyl sites for hydroxylation is 1. The van der Waals surface area contributed by atoms with Crippen LogP contribution in [-0.4, -0.2) is 44.4 Å². The van der Waals surface area contributed by atoms with E-state index in [1.54, 1.807) is 35.9 Å². The highest BCUT2D eigenvalue weighted by atomic mass is 16.4. The molecule has 0 radical (unpaired) electrons. The molecule has 1 aliphatic heterocycles. The van der Waals surface area contributed by atoms with Crippen LogP contribution in [0.5, 0.6) is 0 Å². The number of urea groups is 1. The number of likely N-dealkylation sites (tertiary alicyclic amines) is 1. The fourth-order valence-electron chi connectivity index (χ4n) is 2.24. The molecule has 2 heterocycles. The van der Waals surface area contributed by atoms with Crippen LogP contribution in [-0.2, 0) is 11.8 Å². The summed E-state index contributed by atoms with van der Waals surface area (Å²) in [5.41, 5.74) is 0.605. The average Bonchev–Trinajstić information content (AvgIpc) is 2.85. The van der Waals surface area contributed by atoms with Gasteiger partial charge in [0.15, 0.2) is 0 Å². The number of aromatic nitrogens is 2. The molecule has 2 unspecified atom stereocenters. The summed E-state index contributed by atoms with van der Waals surface area (Å²) in [5, 5.41) is 15.7. The second-order valence-electron chi connectivity index (χ2n) is 4.50. The van der Waals surface area contributed by atoms with Crippen LogP contribution in [0.4, 0.5) is 10.5 Å². The van der Waals surface area contributed by atoms with Gasteiger partial charge in [0.1, 0.15) is 0 Å². The molecule has 1 saturated heterocycles. The largest absolute Gasteiger partial charge is 0.481 e. The Morgan fingerprint density at radius 1 is 1.56 bits per heavy atom. The highest BCUT2D eigenvalue weighted by Gasteiger charge is 2.38. The molecule has 0 aliphatic carbocycles. The number of carboxylic acids is 1. The maximum atomic E-state index is 12.0. The number of hydrogen-bond acceptors (Lipinski definition) is 3. The summed E-state index contributed by atoms with van der Waals surface area (Å²) >= 11 is 0. The van der Waals surface area contributed by atoms with E-state index in [1.807, 2.05) is 0 Å². The molecule has 0 saturated carbocycles. The maximum absolute atomic E-state index is 12.0. The van der Waals surface area contributed by atoms with Gasteiger partial charge in [-0.2, -0.15) is 5.10 Å². The third-order valence-corrected chi connectivity index (χ3v) is 3.29. The number of carbonyl (C=O) groups is 2. The lowest BCUT2D eigenvalue weighted by atomic mass is 10.0. The van der Waals surface area contributed by atoms with Crippen LogP contribution in [0.1, 0.15) is 13.3 Å². The first-order chi connectivity index (χ1) is 8.49. The molecule has 2 atom stereocenters. The summed E-state index contributed by atoms with van der Waals surface area (Å²) in [4.78, 5) is 24.5. The van der Waals surface area contributed by atoms with Crippen LogP contribution >= 0.6 is 0 Å². The van der Waals surface area contributed by atoms with Crippen LogP contribution in [0.3, 0.4) is 0 Å². The molecular weight excluding hydrogens is 236 g/mol. The molecular formula is C11H16N4O3. The molecule has 2 rings (SSSR count). The topological polar surface area (TPSA) is 87.5 Å². The van der Waals surface area contributed by atoms with Gasteiger partial charge in [0, 0.05) is 25.8 Å². The normalized spacial score (nSPS) is 23.1. The third-order valence-electron chi connectivity index (χ3n) is 3.29. The number of carbonyl (C=O) groups excluding carboxylic acids is 1. The van der Waals surface area contributed by atoms with Crippen LogP contribution in [0.25, 0.3) is 0 Å². The number of carboxylic acid groups (broad SMARTS) is 1. The van der Waals surface area contributed by atoms with Crippen LogP contribution in [0.2, 0.25) is 0 Å². The van der Waals surface area contributed by atoms with Crippen molar-refractivity contribution in [2.75, 3.05) is 11.9 Å². The first kappa shape index (κ1) is 12.4. The Morgan fingerprint density at radius 3 is 2.78 bits per heavy atom. The minimum Gasteiger partial charge on any atom is -0.481 e. The van der Waals surface area contributed by atoms with E-state index in [1.165, 1.54) is 0 Å². The van der Waals surface area contributed by atoms with E-state index >= 15 is 0 Å². The molecule has 1 fully saturated rings. The second-order valence-corrected chi connectivity index (χ2v) is 4.50. The van der Waals surface area contributed by atoms with E-state index in [-0.39, 0.29) is 12.1 Å².